The largest absolute Gasteiger partial charge is 0.434 e. The van der Waals surface area contributed by atoms with Crippen LogP contribution in [0.25, 0.3) is 11.1 Å². The van der Waals surface area contributed by atoms with Crippen LogP contribution in [0.5, 0.6) is 11.6 Å². The van der Waals surface area contributed by atoms with Crippen LogP contribution in [0, 0.1) is 23.1 Å². The van der Waals surface area contributed by atoms with Crippen LogP contribution < -0.4 is 15.0 Å². The number of amides is 1. The van der Waals surface area contributed by atoms with Gasteiger partial charge in [-0.25, -0.2) is 19.3 Å². The van der Waals surface area contributed by atoms with Gasteiger partial charge in [0.1, 0.15) is 29.8 Å². The molecule has 2 aromatic heterocycles. The average molecular weight is 643 g/mol. The molecule has 0 unspecified atom stereocenters. The summed E-state index contributed by atoms with van der Waals surface area (Å²) in [5, 5.41) is 11.6. The number of ether oxygens (including phenoxy) is 2. The van der Waals surface area contributed by atoms with Gasteiger partial charge in [0, 0.05) is 74.0 Å². The quantitative estimate of drug-likeness (QED) is 0.314. The highest BCUT2D eigenvalue weighted by Crippen LogP contribution is 2.49. The highest BCUT2D eigenvalue weighted by Gasteiger charge is 2.54. The normalized spacial score (nSPS) is 24.9. The number of hydrogen-bond donors (Lipinski definition) is 1. The number of nitrogens with one attached hydrogen (secondary N) is 1. The first-order valence-electron chi connectivity index (χ1n) is 17.1. The van der Waals surface area contributed by atoms with E-state index in [4.69, 9.17) is 9.47 Å². The maximum absolute atomic E-state index is 14.5. The van der Waals surface area contributed by atoms with Crippen molar-refractivity contribution in [1.82, 2.24) is 35.4 Å². The van der Waals surface area contributed by atoms with Crippen molar-refractivity contribution in [3.63, 3.8) is 0 Å². The maximum Gasteiger partial charge on any atom is 0.282 e. The predicted octanol–water partition coefficient (Wildman–Crippen LogP) is 4.75. The van der Waals surface area contributed by atoms with Gasteiger partial charge in [0.15, 0.2) is 5.82 Å². The molecule has 248 valence electrons. The Bertz CT molecular complexity index is 1650. The number of benzene rings is 1. The lowest BCUT2D eigenvalue weighted by Crippen LogP contribution is -2.65. The molecule has 3 aliphatic carbocycles. The monoisotopic (exact) mass is 642 g/mol. The second kappa shape index (κ2) is 11.7. The summed E-state index contributed by atoms with van der Waals surface area (Å²) in [6.07, 6.45) is 11.6. The molecule has 0 radical (unpaired) electrons. The lowest BCUT2D eigenvalue weighted by molar-refractivity contribution is -0.136. The zero-order valence-electron chi connectivity index (χ0n) is 27.4. The summed E-state index contributed by atoms with van der Waals surface area (Å²) in [5.74, 6) is 2.62. The molecular weight excluding hydrogens is 599 g/mol. The third kappa shape index (κ3) is 5.73. The Morgan fingerprint density at radius 2 is 1.87 bits per heavy atom. The molecule has 3 saturated carbocycles. The SMILES string of the molecule is COC1(C(=O)NC2CC([C@@H](C(C)C)N3CC4(CCN(c5ncnnc5Oc5ccc(F)cc5-c5cncnc5C5CC5)C4)C3)C2)CC1. The number of methoxy groups -OCH3 is 1. The highest BCUT2D eigenvalue weighted by molar-refractivity contribution is 5.88. The first-order chi connectivity index (χ1) is 22.8. The molecule has 1 spiro atoms. The highest BCUT2D eigenvalue weighted by atomic mass is 19.1. The summed E-state index contributed by atoms with van der Waals surface area (Å²) in [7, 11) is 1.64. The van der Waals surface area contributed by atoms with Crippen molar-refractivity contribution in [2.24, 2.45) is 17.3 Å². The van der Waals surface area contributed by atoms with Crippen molar-refractivity contribution in [3.8, 4) is 22.8 Å². The van der Waals surface area contributed by atoms with Gasteiger partial charge < -0.3 is 19.7 Å². The number of halogens is 1. The third-order valence-electron chi connectivity index (χ3n) is 11.1. The molecule has 1 N–H and O–H groups in total. The fourth-order valence-electron chi connectivity index (χ4n) is 8.35. The summed E-state index contributed by atoms with van der Waals surface area (Å²) >= 11 is 0. The average Bonchev–Trinajstić information content (AvgIpc) is 3.98. The van der Waals surface area contributed by atoms with Crippen LogP contribution in [0.1, 0.15) is 70.4 Å². The number of hydrogen-bond acceptors (Lipinski definition) is 10. The number of carbonyl (C=O) groups excluding carboxylic acids is 1. The fraction of sp³-hybridized carbons (Fsp3) is 0.600. The number of rotatable bonds is 11. The Morgan fingerprint density at radius 3 is 2.60 bits per heavy atom. The topological polar surface area (TPSA) is 118 Å². The van der Waals surface area contributed by atoms with Crippen molar-refractivity contribution in [1.29, 1.82) is 0 Å². The molecule has 1 atom stereocenters. The zero-order chi connectivity index (χ0) is 32.3. The second-order valence-electron chi connectivity index (χ2n) is 14.8. The van der Waals surface area contributed by atoms with E-state index in [2.05, 4.69) is 54.1 Å². The summed E-state index contributed by atoms with van der Waals surface area (Å²) in [5.41, 5.74) is 1.91. The van der Waals surface area contributed by atoms with Gasteiger partial charge in [0.25, 0.3) is 11.8 Å². The number of aromatic nitrogens is 5. The Kier molecular flexibility index (Phi) is 7.63. The lowest BCUT2D eigenvalue weighted by atomic mass is 9.68. The summed E-state index contributed by atoms with van der Waals surface area (Å²) in [4.78, 5) is 31.0. The summed E-state index contributed by atoms with van der Waals surface area (Å²) < 4.78 is 26.4. The van der Waals surface area contributed by atoms with Gasteiger partial charge in [-0.15, -0.1) is 10.2 Å². The van der Waals surface area contributed by atoms with Crippen LogP contribution in [0.15, 0.2) is 37.1 Å². The van der Waals surface area contributed by atoms with Crippen molar-refractivity contribution in [2.75, 3.05) is 38.2 Å². The van der Waals surface area contributed by atoms with Crippen molar-refractivity contribution < 1.29 is 18.7 Å². The minimum Gasteiger partial charge on any atom is -0.434 e. The predicted molar refractivity (Wildman–Crippen MR) is 172 cm³/mol. The molecule has 0 bridgehead atoms. The molecule has 1 aromatic carbocycles. The van der Waals surface area contributed by atoms with E-state index in [-0.39, 0.29) is 23.2 Å². The third-order valence-corrected chi connectivity index (χ3v) is 11.1. The van der Waals surface area contributed by atoms with Crippen molar-refractivity contribution in [2.45, 2.75) is 82.4 Å². The summed E-state index contributed by atoms with van der Waals surface area (Å²) in [6.45, 7) is 8.44. The van der Waals surface area contributed by atoms with Crippen molar-refractivity contribution >= 4 is 11.7 Å². The van der Waals surface area contributed by atoms with E-state index in [1.54, 1.807) is 25.7 Å². The van der Waals surface area contributed by atoms with Crippen LogP contribution in [-0.4, -0.2) is 86.9 Å². The Balaban J connectivity index is 0.932. The lowest BCUT2D eigenvalue weighted by Gasteiger charge is -2.57. The molecule has 2 aliphatic heterocycles. The number of anilines is 1. The van der Waals surface area contributed by atoms with E-state index in [0.29, 0.717) is 46.8 Å². The first-order valence-corrected chi connectivity index (χ1v) is 17.1. The molecule has 12 heteroatoms. The molecule has 3 aromatic rings. The smallest absolute Gasteiger partial charge is 0.282 e. The number of nitrogens with zero attached hydrogens (tertiary/aromatic N) is 7. The number of likely N-dealkylation sites (tertiary alicyclic amines) is 1. The minimum atomic E-state index is -0.567. The molecule has 47 heavy (non-hydrogen) atoms. The molecule has 5 fully saturated rings. The second-order valence-corrected chi connectivity index (χ2v) is 14.8. The molecule has 11 nitrogen and oxygen atoms in total. The van der Waals surface area contributed by atoms with E-state index >= 15 is 0 Å². The Hall–Kier alpha value is -3.77. The van der Waals surface area contributed by atoms with E-state index < -0.39 is 5.60 Å². The van der Waals surface area contributed by atoms with Gasteiger partial charge in [0.2, 0.25) is 0 Å². The Morgan fingerprint density at radius 1 is 1.06 bits per heavy atom. The molecule has 2 saturated heterocycles. The first kappa shape index (κ1) is 30.6. The molecule has 8 rings (SSSR count). The van der Waals surface area contributed by atoms with E-state index in [9.17, 15) is 9.18 Å². The maximum atomic E-state index is 14.5. The molecular formula is C35H43FN8O3. The van der Waals surface area contributed by atoms with E-state index in [1.807, 2.05) is 0 Å². The van der Waals surface area contributed by atoms with Crippen LogP contribution >= 0.6 is 0 Å². The molecule has 4 heterocycles. The minimum absolute atomic E-state index is 0.0637. The van der Waals surface area contributed by atoms with Gasteiger partial charge >= 0.3 is 0 Å². The van der Waals surface area contributed by atoms with E-state index in [0.717, 1.165) is 82.4 Å². The van der Waals surface area contributed by atoms with Crippen molar-refractivity contribution in [3.05, 3.63) is 48.6 Å². The van der Waals surface area contributed by atoms with Gasteiger partial charge in [-0.05, 0) is 75.0 Å². The van der Waals surface area contributed by atoms with Crippen LogP contribution in [0.2, 0.25) is 0 Å². The fourth-order valence-corrected chi connectivity index (χ4v) is 8.35. The summed E-state index contributed by atoms with van der Waals surface area (Å²) in [6, 6.07) is 5.25. The van der Waals surface area contributed by atoms with Crippen LogP contribution in [-0.2, 0) is 9.53 Å². The Labute approximate surface area is 274 Å². The van der Waals surface area contributed by atoms with Gasteiger partial charge in [-0.3, -0.25) is 9.69 Å². The van der Waals surface area contributed by atoms with Gasteiger partial charge in [-0.2, -0.15) is 0 Å². The van der Waals surface area contributed by atoms with Gasteiger partial charge in [0.05, 0.1) is 5.69 Å². The van der Waals surface area contributed by atoms with Crippen LogP contribution in [0.3, 0.4) is 0 Å². The van der Waals surface area contributed by atoms with Crippen LogP contribution in [0.4, 0.5) is 10.2 Å². The molecule has 5 aliphatic rings. The number of carbonyl (C=O) groups is 1. The van der Waals surface area contributed by atoms with Gasteiger partial charge in [-0.1, -0.05) is 13.8 Å². The van der Waals surface area contributed by atoms with E-state index in [1.165, 1.54) is 18.5 Å². The molecule has 1 amide bonds. The standard InChI is InChI=1S/C35H43FN8O3/c1-21(2)30(23-12-25(13-23)41-33(45)35(46-3)8-9-35)44-17-34(18-44)10-11-43(16-34)31-32(42-40-20-39-31)47-28-7-6-24(36)14-26(28)27-15-37-19-38-29(27)22-4-5-22/h6-7,14-15,19-23,25,30H,4-5,8-13,16-18H2,1-3H3,(H,41,45)/t23?,25?,30-/m1/s1. The zero-order valence-corrected chi connectivity index (χ0v) is 27.4.